The van der Waals surface area contributed by atoms with Crippen LogP contribution in [-0.4, -0.2) is 39.1 Å². The zero-order valence-electron chi connectivity index (χ0n) is 15.6. The lowest BCUT2D eigenvalue weighted by Crippen LogP contribution is -2.27. The van der Waals surface area contributed by atoms with Gasteiger partial charge in [0.1, 0.15) is 0 Å². The Morgan fingerprint density at radius 1 is 1.24 bits per heavy atom. The van der Waals surface area contributed by atoms with Crippen molar-refractivity contribution in [3.05, 3.63) is 58.6 Å². The second-order valence-electron chi connectivity index (χ2n) is 6.78. The first-order valence-electron chi connectivity index (χ1n) is 9.16. The number of aromatic amines is 1. The van der Waals surface area contributed by atoms with Gasteiger partial charge in [0, 0.05) is 16.3 Å². The zero-order chi connectivity index (χ0) is 20.4. The van der Waals surface area contributed by atoms with E-state index < -0.39 is 11.4 Å². The number of nitrogens with one attached hydrogen (secondary N) is 2. The van der Waals surface area contributed by atoms with Crippen LogP contribution in [0.1, 0.15) is 35.7 Å². The standard InChI is InChI=1S/C20H18ClN5O3/c1-2-29-18(27)15-7-6-14(11-16(15)17-23-25-26-24-17)22-19(28)20(8-9-20)12-4-3-5-13(21)10-12/h3-7,10-11H,2,8-9H2,1H3,(H,22,28)(H,23,24,25,26). The van der Waals surface area contributed by atoms with E-state index in [2.05, 4.69) is 25.9 Å². The van der Waals surface area contributed by atoms with Crippen LogP contribution in [0.4, 0.5) is 5.69 Å². The largest absolute Gasteiger partial charge is 0.462 e. The molecule has 148 valence electrons. The first-order valence-corrected chi connectivity index (χ1v) is 9.54. The number of nitrogens with zero attached hydrogens (tertiary/aromatic N) is 3. The third-order valence-electron chi connectivity index (χ3n) is 4.94. The molecule has 0 unspecified atom stereocenters. The maximum atomic E-state index is 13.0. The molecular weight excluding hydrogens is 394 g/mol. The Labute approximate surface area is 171 Å². The number of H-pyrrole nitrogens is 1. The summed E-state index contributed by atoms with van der Waals surface area (Å²) in [5, 5.41) is 17.2. The second kappa shape index (κ2) is 7.63. The quantitative estimate of drug-likeness (QED) is 0.602. The Bertz CT molecular complexity index is 1060. The van der Waals surface area contributed by atoms with Gasteiger partial charge in [-0.25, -0.2) is 9.89 Å². The minimum absolute atomic E-state index is 0.120. The van der Waals surface area contributed by atoms with Crippen LogP contribution < -0.4 is 5.32 Å². The van der Waals surface area contributed by atoms with Crippen molar-refractivity contribution in [2.75, 3.05) is 11.9 Å². The number of hydrogen-bond acceptors (Lipinski definition) is 6. The smallest absolute Gasteiger partial charge is 0.338 e. The van der Waals surface area contributed by atoms with E-state index in [-0.39, 0.29) is 12.5 Å². The van der Waals surface area contributed by atoms with E-state index in [1.54, 1.807) is 31.2 Å². The summed E-state index contributed by atoms with van der Waals surface area (Å²) in [5.41, 5.74) is 1.59. The van der Waals surface area contributed by atoms with E-state index in [1.807, 2.05) is 18.2 Å². The fraction of sp³-hybridized carbons (Fsp3) is 0.250. The van der Waals surface area contributed by atoms with Gasteiger partial charge in [-0.1, -0.05) is 23.7 Å². The van der Waals surface area contributed by atoms with Gasteiger partial charge in [0.2, 0.25) is 5.91 Å². The molecule has 1 amide bonds. The number of tetrazole rings is 1. The van der Waals surface area contributed by atoms with Crippen molar-refractivity contribution < 1.29 is 14.3 Å². The van der Waals surface area contributed by atoms with Crippen LogP contribution in [0.2, 0.25) is 5.02 Å². The third kappa shape index (κ3) is 3.71. The van der Waals surface area contributed by atoms with Crippen LogP contribution in [0.15, 0.2) is 42.5 Å². The topological polar surface area (TPSA) is 110 Å². The van der Waals surface area contributed by atoms with Gasteiger partial charge < -0.3 is 10.1 Å². The third-order valence-corrected chi connectivity index (χ3v) is 5.17. The summed E-state index contributed by atoms with van der Waals surface area (Å²) in [6, 6.07) is 12.3. The molecule has 0 atom stereocenters. The molecule has 1 aliphatic rings. The van der Waals surface area contributed by atoms with E-state index in [1.165, 1.54) is 0 Å². The summed E-state index contributed by atoms with van der Waals surface area (Å²) in [6.45, 7) is 1.97. The van der Waals surface area contributed by atoms with Crippen molar-refractivity contribution >= 4 is 29.2 Å². The molecule has 0 aliphatic heterocycles. The molecule has 8 nitrogen and oxygen atoms in total. The maximum absolute atomic E-state index is 13.0. The van der Waals surface area contributed by atoms with E-state index in [4.69, 9.17) is 16.3 Å². The summed E-state index contributed by atoms with van der Waals surface area (Å²) in [7, 11) is 0. The lowest BCUT2D eigenvalue weighted by atomic mass is 9.94. The summed E-state index contributed by atoms with van der Waals surface area (Å²) >= 11 is 6.10. The lowest BCUT2D eigenvalue weighted by Gasteiger charge is -2.17. The van der Waals surface area contributed by atoms with Gasteiger partial charge in [0.25, 0.3) is 0 Å². The molecule has 2 aromatic carbocycles. The first kappa shape index (κ1) is 19.1. The van der Waals surface area contributed by atoms with Crippen molar-refractivity contribution in [2.24, 2.45) is 0 Å². The van der Waals surface area contributed by atoms with Crippen molar-refractivity contribution in [3.63, 3.8) is 0 Å². The SMILES string of the molecule is CCOC(=O)c1ccc(NC(=O)C2(c3cccc(Cl)c3)CC2)cc1-c1nnn[nH]1. The highest BCUT2D eigenvalue weighted by Crippen LogP contribution is 2.49. The van der Waals surface area contributed by atoms with Crippen LogP contribution in [-0.2, 0) is 14.9 Å². The van der Waals surface area contributed by atoms with E-state index in [0.717, 1.165) is 18.4 Å². The molecule has 0 saturated heterocycles. The Hall–Kier alpha value is -3.26. The number of carbonyl (C=O) groups is 2. The summed E-state index contributed by atoms with van der Waals surface area (Å²) in [6.07, 6.45) is 1.50. The number of rotatable bonds is 6. The molecule has 1 fully saturated rings. The molecule has 1 heterocycles. The Morgan fingerprint density at radius 3 is 2.72 bits per heavy atom. The molecule has 9 heteroatoms. The molecule has 1 aliphatic carbocycles. The Kier molecular flexibility index (Phi) is 5.02. The average molecular weight is 412 g/mol. The molecule has 4 rings (SSSR count). The highest BCUT2D eigenvalue weighted by Gasteiger charge is 2.51. The highest BCUT2D eigenvalue weighted by molar-refractivity contribution is 6.30. The van der Waals surface area contributed by atoms with Gasteiger partial charge in [-0.3, -0.25) is 4.79 Å². The molecule has 1 aromatic heterocycles. The Morgan fingerprint density at radius 2 is 2.07 bits per heavy atom. The first-order chi connectivity index (χ1) is 14.0. The van der Waals surface area contributed by atoms with Gasteiger partial charge in [0.05, 0.1) is 17.6 Å². The predicted octanol–water partition coefficient (Wildman–Crippen LogP) is 3.37. The van der Waals surface area contributed by atoms with Gasteiger partial charge >= 0.3 is 5.97 Å². The molecule has 1 saturated carbocycles. The van der Waals surface area contributed by atoms with Gasteiger partial charge in [-0.2, -0.15) is 0 Å². The van der Waals surface area contributed by atoms with E-state index in [0.29, 0.717) is 27.7 Å². The summed E-state index contributed by atoms with van der Waals surface area (Å²) < 4.78 is 5.10. The highest BCUT2D eigenvalue weighted by atomic mass is 35.5. The molecule has 0 radical (unpaired) electrons. The van der Waals surface area contributed by atoms with Crippen LogP contribution >= 0.6 is 11.6 Å². The predicted molar refractivity (Wildman–Crippen MR) is 107 cm³/mol. The normalized spacial score (nSPS) is 14.3. The van der Waals surface area contributed by atoms with E-state index >= 15 is 0 Å². The molecular formula is C20H18ClN5O3. The number of ether oxygens (including phenoxy) is 1. The second-order valence-corrected chi connectivity index (χ2v) is 7.21. The lowest BCUT2D eigenvalue weighted by molar-refractivity contribution is -0.118. The number of carbonyl (C=O) groups excluding carboxylic acids is 2. The number of benzene rings is 2. The van der Waals surface area contributed by atoms with Crippen molar-refractivity contribution in [3.8, 4) is 11.4 Å². The minimum atomic E-state index is -0.585. The molecule has 0 spiro atoms. The van der Waals surface area contributed by atoms with Gasteiger partial charge in [-0.15, -0.1) is 5.10 Å². The number of aromatic nitrogens is 4. The molecule has 3 aromatic rings. The Balaban J connectivity index is 1.63. The maximum Gasteiger partial charge on any atom is 0.338 e. The van der Waals surface area contributed by atoms with Gasteiger partial charge in [0.15, 0.2) is 5.82 Å². The number of esters is 1. The van der Waals surface area contributed by atoms with Crippen LogP contribution in [0.25, 0.3) is 11.4 Å². The fourth-order valence-corrected chi connectivity index (χ4v) is 3.48. The number of anilines is 1. The average Bonchev–Trinajstić information content (AvgIpc) is 3.35. The zero-order valence-corrected chi connectivity index (χ0v) is 16.4. The van der Waals surface area contributed by atoms with E-state index in [9.17, 15) is 9.59 Å². The van der Waals surface area contributed by atoms with Gasteiger partial charge in [-0.05, 0) is 66.1 Å². The number of amides is 1. The molecule has 2 N–H and O–H groups in total. The van der Waals surface area contributed by atoms with Crippen LogP contribution in [0, 0.1) is 0 Å². The fourth-order valence-electron chi connectivity index (χ4n) is 3.29. The van der Waals surface area contributed by atoms with Crippen LogP contribution in [0.5, 0.6) is 0 Å². The molecule has 29 heavy (non-hydrogen) atoms. The van der Waals surface area contributed by atoms with Crippen molar-refractivity contribution in [1.29, 1.82) is 0 Å². The van der Waals surface area contributed by atoms with Crippen molar-refractivity contribution in [2.45, 2.75) is 25.2 Å². The monoisotopic (exact) mass is 411 g/mol. The summed E-state index contributed by atoms with van der Waals surface area (Å²) in [4.78, 5) is 25.3. The minimum Gasteiger partial charge on any atom is -0.462 e. The van der Waals surface area contributed by atoms with Crippen LogP contribution in [0.3, 0.4) is 0 Å². The van der Waals surface area contributed by atoms with Crippen molar-refractivity contribution in [1.82, 2.24) is 20.6 Å². The molecule has 0 bridgehead atoms. The number of halogens is 1. The number of hydrogen-bond donors (Lipinski definition) is 2. The summed E-state index contributed by atoms with van der Waals surface area (Å²) in [5.74, 6) is -0.306.